The van der Waals surface area contributed by atoms with Gasteiger partial charge in [-0.15, -0.1) is 11.3 Å². The van der Waals surface area contributed by atoms with Crippen molar-refractivity contribution in [1.29, 1.82) is 0 Å². The smallest absolute Gasteiger partial charge is 0.408 e. The lowest BCUT2D eigenvalue weighted by Crippen LogP contribution is -2.59. The second kappa shape index (κ2) is 18.4. The molecule has 0 spiro atoms. The molecule has 4 heterocycles. The quantitative estimate of drug-likeness (QED) is 0.104. The third-order valence-corrected chi connectivity index (χ3v) is 13.8. The number of likely N-dealkylation sites (tertiary alicyclic amines) is 1. The molecule has 342 valence electrons. The van der Waals surface area contributed by atoms with E-state index in [2.05, 4.69) is 16.0 Å². The Morgan fingerprint density at radius 1 is 1.02 bits per heavy atom. The maximum Gasteiger partial charge on any atom is 0.408 e. The van der Waals surface area contributed by atoms with Gasteiger partial charge < -0.3 is 49.6 Å². The number of hydrogen-bond acceptors (Lipinski definition) is 13. The van der Waals surface area contributed by atoms with E-state index < -0.39 is 53.0 Å². The molecule has 2 aromatic heterocycles. The Kier molecular flexibility index (Phi) is 13.1. The first-order valence-corrected chi connectivity index (χ1v) is 23.5. The van der Waals surface area contributed by atoms with Gasteiger partial charge in [0, 0.05) is 42.0 Å². The number of carboxylic acid groups (broad SMARTS) is 1. The first-order chi connectivity index (χ1) is 30.1. The first-order valence-electron chi connectivity index (χ1n) is 22.6. The van der Waals surface area contributed by atoms with Crippen LogP contribution in [0.2, 0.25) is 0 Å². The van der Waals surface area contributed by atoms with Gasteiger partial charge in [0.25, 0.3) is 0 Å². The van der Waals surface area contributed by atoms with Crippen molar-refractivity contribution >= 4 is 51.2 Å². The molecular formula is C46H62N6O10S. The molecule has 3 saturated carbocycles. The molecule has 5 fully saturated rings. The number of aromatic nitrogens is 2. The minimum atomic E-state index is -1.41. The number of ether oxygens (including phenoxy) is 5. The molecule has 3 aromatic rings. The Labute approximate surface area is 372 Å². The van der Waals surface area contributed by atoms with Gasteiger partial charge in [-0.2, -0.15) is 0 Å². The fourth-order valence-corrected chi connectivity index (χ4v) is 10.3. The first kappa shape index (κ1) is 44.9. The minimum absolute atomic E-state index is 0.00625. The van der Waals surface area contributed by atoms with Gasteiger partial charge in [-0.1, -0.05) is 34.1 Å². The van der Waals surface area contributed by atoms with Crippen molar-refractivity contribution < 1.29 is 48.0 Å². The molecule has 2 aliphatic heterocycles. The average molecular weight is 891 g/mol. The second-order valence-corrected chi connectivity index (χ2v) is 20.1. The highest BCUT2D eigenvalue weighted by Gasteiger charge is 2.61. The summed E-state index contributed by atoms with van der Waals surface area (Å²) in [5, 5.41) is 22.6. The van der Waals surface area contributed by atoms with Crippen LogP contribution in [0.5, 0.6) is 11.5 Å². The zero-order chi connectivity index (χ0) is 44.6. The number of amides is 3. The van der Waals surface area contributed by atoms with E-state index in [0.717, 1.165) is 37.2 Å². The summed E-state index contributed by atoms with van der Waals surface area (Å²) in [6.45, 7) is 12.9. The van der Waals surface area contributed by atoms with Gasteiger partial charge in [-0.3, -0.25) is 9.59 Å². The normalized spacial score (nSPS) is 28.0. The number of pyridine rings is 1. The highest BCUT2D eigenvalue weighted by atomic mass is 32.1. The number of carbonyl (C=O) groups is 4. The zero-order valence-electron chi connectivity index (χ0n) is 37.1. The zero-order valence-corrected chi connectivity index (χ0v) is 38.0. The topological polar surface area (TPSA) is 200 Å². The van der Waals surface area contributed by atoms with Crippen LogP contribution in [-0.4, -0.2) is 112 Å². The molecule has 9 atom stereocenters. The van der Waals surface area contributed by atoms with Crippen molar-refractivity contribution in [2.24, 2.45) is 23.2 Å². The van der Waals surface area contributed by atoms with E-state index in [1.807, 2.05) is 71.2 Å². The number of hydrogen-bond donors (Lipinski definition) is 4. The van der Waals surface area contributed by atoms with Gasteiger partial charge in [0.05, 0.1) is 24.4 Å². The van der Waals surface area contributed by atoms with Crippen molar-refractivity contribution in [3.8, 4) is 22.9 Å². The number of rotatable bonds is 17. The van der Waals surface area contributed by atoms with E-state index >= 15 is 0 Å². The van der Waals surface area contributed by atoms with E-state index in [1.54, 1.807) is 0 Å². The molecule has 8 rings (SSSR count). The van der Waals surface area contributed by atoms with Crippen LogP contribution in [0.15, 0.2) is 29.6 Å². The SMILES string of the molecule is CC[C@@H]1CC1(NC(=O)[C@@H]1C[C@H](Oc2cc(-c3csc(NC(C)C)n3)nc3cc(OCCOC4CCCCO4)ccc23)CN1C(=O)C(NC(=O)OC1CC2C[C@H]2C1)C(C)(C)C)C(=O)O. The number of alkyl carbamates (subject to hydrolysis) is 1. The molecule has 1 aromatic carbocycles. The summed E-state index contributed by atoms with van der Waals surface area (Å²) in [7, 11) is 0. The third kappa shape index (κ3) is 10.3. The number of benzene rings is 1. The third-order valence-electron chi connectivity index (χ3n) is 13.0. The standard InChI is InChI=1S/C46H62N6O10S/c1-7-28-22-46(28,42(55)56)51-40(53)36-20-31(23-52(36)41(54)39(45(4,5)6)50-44(57)62-30-17-26-16-27(26)18-30)61-37-21-34(35-24-63-43(49-35)47-25(2)3)48-33-19-29(11-12-32(33)37)58-14-15-60-38-10-8-9-13-59-38/h11-12,19,21,24-28,30-31,36,38-39H,7-10,13-18,20,22-23H2,1-6H3,(H,47,49)(H,50,57)(H,51,53)(H,55,56)/t26-,27?,28+,30?,31-,36-,38?,39?,46?/m0/s1. The van der Waals surface area contributed by atoms with E-state index in [9.17, 15) is 24.3 Å². The number of fused-ring (bicyclic) bond motifs is 2. The van der Waals surface area contributed by atoms with Gasteiger partial charge >= 0.3 is 12.1 Å². The minimum Gasteiger partial charge on any atom is -0.491 e. The van der Waals surface area contributed by atoms with Gasteiger partial charge in [0.15, 0.2) is 11.4 Å². The fraction of sp³-hybridized carbons (Fsp3) is 0.652. The maximum atomic E-state index is 14.8. The van der Waals surface area contributed by atoms with Crippen LogP contribution in [0.4, 0.5) is 9.93 Å². The Balaban J connectivity index is 1.06. The van der Waals surface area contributed by atoms with Crippen LogP contribution in [0, 0.1) is 23.2 Å². The predicted octanol–water partition coefficient (Wildman–Crippen LogP) is 6.76. The molecule has 3 aliphatic carbocycles. The summed E-state index contributed by atoms with van der Waals surface area (Å²) < 4.78 is 30.3. The lowest BCUT2D eigenvalue weighted by molar-refractivity contribution is -0.165. The summed E-state index contributed by atoms with van der Waals surface area (Å²) in [5.41, 5.74) is -0.408. The molecule has 3 amide bonds. The molecule has 0 bridgehead atoms. The van der Waals surface area contributed by atoms with Crippen molar-refractivity contribution in [3.63, 3.8) is 0 Å². The van der Waals surface area contributed by atoms with Gasteiger partial charge in [0.2, 0.25) is 11.8 Å². The number of thiazole rings is 1. The number of aliphatic carboxylic acids is 1. The van der Waals surface area contributed by atoms with Gasteiger partial charge in [0.1, 0.15) is 53.6 Å². The highest BCUT2D eigenvalue weighted by Crippen LogP contribution is 2.52. The molecule has 5 unspecified atom stereocenters. The van der Waals surface area contributed by atoms with E-state index in [-0.39, 0.29) is 37.3 Å². The van der Waals surface area contributed by atoms with Crippen LogP contribution in [0.1, 0.15) is 99.3 Å². The van der Waals surface area contributed by atoms with Crippen LogP contribution in [-0.2, 0) is 28.6 Å². The maximum absolute atomic E-state index is 14.8. The van der Waals surface area contributed by atoms with Crippen molar-refractivity contribution in [2.75, 3.05) is 31.7 Å². The molecule has 5 aliphatic rings. The summed E-state index contributed by atoms with van der Waals surface area (Å²) in [6, 6.07) is 5.38. The lowest BCUT2D eigenvalue weighted by Gasteiger charge is -2.35. The van der Waals surface area contributed by atoms with Crippen LogP contribution >= 0.6 is 11.3 Å². The molecule has 4 N–H and O–H groups in total. The Morgan fingerprint density at radius 2 is 1.81 bits per heavy atom. The summed E-state index contributed by atoms with van der Waals surface area (Å²) in [6.07, 6.45) is 4.97. The molecule has 63 heavy (non-hydrogen) atoms. The molecule has 16 nitrogen and oxygen atoms in total. The molecule has 0 radical (unpaired) electrons. The average Bonchev–Trinajstić information content (AvgIpc) is 3.91. The number of nitrogens with zero attached hydrogens (tertiary/aromatic N) is 3. The summed E-state index contributed by atoms with van der Waals surface area (Å²) in [4.78, 5) is 66.2. The van der Waals surface area contributed by atoms with Crippen LogP contribution in [0.3, 0.4) is 0 Å². The highest BCUT2D eigenvalue weighted by molar-refractivity contribution is 7.14. The lowest BCUT2D eigenvalue weighted by atomic mass is 9.85. The van der Waals surface area contributed by atoms with E-state index in [1.165, 1.54) is 22.7 Å². The van der Waals surface area contributed by atoms with Gasteiger partial charge in [-0.25, -0.2) is 19.6 Å². The van der Waals surface area contributed by atoms with E-state index in [4.69, 9.17) is 33.7 Å². The van der Waals surface area contributed by atoms with Crippen molar-refractivity contribution in [1.82, 2.24) is 25.5 Å². The van der Waals surface area contributed by atoms with Crippen molar-refractivity contribution in [3.05, 3.63) is 29.6 Å². The van der Waals surface area contributed by atoms with Gasteiger partial charge in [-0.05, 0) is 94.1 Å². The number of anilines is 1. The Bertz CT molecular complexity index is 2160. The summed E-state index contributed by atoms with van der Waals surface area (Å²) >= 11 is 1.46. The number of carbonyl (C=O) groups excluding carboxylic acids is 3. The summed E-state index contributed by atoms with van der Waals surface area (Å²) in [5.74, 6) is -0.144. The van der Waals surface area contributed by atoms with E-state index in [0.29, 0.717) is 78.3 Å². The van der Waals surface area contributed by atoms with Crippen LogP contribution in [0.25, 0.3) is 22.3 Å². The van der Waals surface area contributed by atoms with Crippen LogP contribution < -0.4 is 25.4 Å². The molecule has 2 saturated heterocycles. The van der Waals surface area contributed by atoms with Crippen molar-refractivity contribution in [2.45, 2.75) is 141 Å². The molecule has 17 heteroatoms. The number of nitrogens with one attached hydrogen (secondary N) is 3. The largest absolute Gasteiger partial charge is 0.491 e. The number of carboxylic acids is 1. The fourth-order valence-electron chi connectivity index (χ4n) is 9.40. The molecular weight excluding hydrogens is 829 g/mol. The Morgan fingerprint density at radius 3 is 2.49 bits per heavy atom. The monoisotopic (exact) mass is 890 g/mol. The Hall–Kier alpha value is -4.74. The second-order valence-electron chi connectivity index (χ2n) is 19.3. The predicted molar refractivity (Wildman–Crippen MR) is 236 cm³/mol.